The first-order valence-corrected chi connectivity index (χ1v) is 7.23. The van der Waals surface area contributed by atoms with Gasteiger partial charge in [-0.15, -0.1) is 0 Å². The van der Waals surface area contributed by atoms with Crippen molar-refractivity contribution in [1.29, 1.82) is 0 Å². The highest BCUT2D eigenvalue weighted by Crippen LogP contribution is 2.37. The van der Waals surface area contributed by atoms with Crippen molar-refractivity contribution in [2.24, 2.45) is 0 Å². The third-order valence-electron chi connectivity index (χ3n) is 4.25. The van der Waals surface area contributed by atoms with E-state index in [9.17, 15) is 5.11 Å². The second-order valence-corrected chi connectivity index (χ2v) is 5.46. The van der Waals surface area contributed by atoms with Crippen molar-refractivity contribution in [3.05, 3.63) is 12.1 Å². The van der Waals surface area contributed by atoms with Gasteiger partial charge in [0.1, 0.15) is 0 Å². The number of hydrogen-bond acceptors (Lipinski definition) is 5. The summed E-state index contributed by atoms with van der Waals surface area (Å²) in [5.74, 6) is 1.68. The van der Waals surface area contributed by atoms with Crippen LogP contribution in [-0.4, -0.2) is 35.0 Å². The number of imidazole rings is 1. The molecule has 2 unspecified atom stereocenters. The van der Waals surface area contributed by atoms with Crippen molar-refractivity contribution in [2.75, 3.05) is 20.0 Å². The maximum absolute atomic E-state index is 10.3. The third-order valence-corrected chi connectivity index (χ3v) is 4.25. The minimum atomic E-state index is -0.383. The number of aliphatic hydroxyl groups is 1. The Bertz CT molecular complexity index is 653. The highest BCUT2D eigenvalue weighted by molar-refractivity contribution is 5.82. The van der Waals surface area contributed by atoms with Gasteiger partial charge in [0.2, 0.25) is 5.95 Å². The van der Waals surface area contributed by atoms with Crippen LogP contribution in [0.25, 0.3) is 11.0 Å². The Morgan fingerprint density at radius 3 is 2.52 bits per heavy atom. The van der Waals surface area contributed by atoms with Crippen molar-refractivity contribution >= 4 is 17.0 Å². The summed E-state index contributed by atoms with van der Waals surface area (Å²) in [7, 11) is 3.19. The number of aliphatic hydroxyl groups excluding tert-OH is 1. The van der Waals surface area contributed by atoms with E-state index in [1.165, 1.54) is 0 Å². The van der Waals surface area contributed by atoms with E-state index in [4.69, 9.17) is 15.2 Å². The molecule has 2 aromatic rings. The van der Waals surface area contributed by atoms with E-state index in [1.807, 2.05) is 16.7 Å². The number of nitrogens with zero attached hydrogens (tertiary/aromatic N) is 2. The Hall–Kier alpha value is -1.95. The quantitative estimate of drug-likeness (QED) is 0.905. The van der Waals surface area contributed by atoms with E-state index in [0.717, 1.165) is 36.7 Å². The van der Waals surface area contributed by atoms with E-state index < -0.39 is 0 Å². The second kappa shape index (κ2) is 5.44. The molecule has 1 aromatic heterocycles. The molecule has 1 heterocycles. The number of fused-ring (bicyclic) bond motifs is 1. The fraction of sp³-hybridized carbons (Fsp3) is 0.533. The Morgan fingerprint density at radius 2 is 1.86 bits per heavy atom. The first-order valence-electron chi connectivity index (χ1n) is 7.23. The molecule has 6 heteroatoms. The van der Waals surface area contributed by atoms with E-state index in [1.54, 1.807) is 14.2 Å². The van der Waals surface area contributed by atoms with E-state index >= 15 is 0 Å². The maximum Gasteiger partial charge on any atom is 0.201 e. The number of methoxy groups -OCH3 is 2. The minimum Gasteiger partial charge on any atom is -0.493 e. The van der Waals surface area contributed by atoms with Gasteiger partial charge < -0.3 is 24.9 Å². The Balaban J connectivity index is 2.15. The topological polar surface area (TPSA) is 82.5 Å². The fourth-order valence-electron chi connectivity index (χ4n) is 3.18. The van der Waals surface area contributed by atoms with Gasteiger partial charge in [0.15, 0.2) is 11.5 Å². The summed E-state index contributed by atoms with van der Waals surface area (Å²) in [6.07, 6.45) is 3.48. The SMILES string of the molecule is COc1cc2nc(N)n(C3CCCCC3O)c2cc1OC. The molecule has 6 nitrogen and oxygen atoms in total. The number of benzene rings is 1. The molecule has 0 spiro atoms. The zero-order valence-corrected chi connectivity index (χ0v) is 12.4. The standard InChI is InChI=1S/C15H21N3O3/c1-20-13-7-9-11(8-14(13)21-2)18(15(16)17-9)10-5-3-4-6-12(10)19/h7-8,10,12,19H,3-6H2,1-2H3,(H2,16,17). The predicted molar refractivity (Wildman–Crippen MR) is 80.8 cm³/mol. The van der Waals surface area contributed by atoms with Gasteiger partial charge in [0, 0.05) is 12.1 Å². The van der Waals surface area contributed by atoms with Gasteiger partial charge in [-0.2, -0.15) is 0 Å². The highest BCUT2D eigenvalue weighted by Gasteiger charge is 2.28. The molecule has 0 saturated heterocycles. The molecule has 0 aliphatic heterocycles. The van der Waals surface area contributed by atoms with Crippen LogP contribution in [0.4, 0.5) is 5.95 Å². The lowest BCUT2D eigenvalue weighted by Gasteiger charge is -2.29. The number of rotatable bonds is 3. The largest absolute Gasteiger partial charge is 0.493 e. The number of aromatic nitrogens is 2. The minimum absolute atomic E-state index is 0.0261. The monoisotopic (exact) mass is 291 g/mol. The molecule has 2 atom stereocenters. The van der Waals surface area contributed by atoms with Crippen LogP contribution in [0.15, 0.2) is 12.1 Å². The van der Waals surface area contributed by atoms with Crippen molar-refractivity contribution in [3.8, 4) is 11.5 Å². The smallest absolute Gasteiger partial charge is 0.201 e. The summed E-state index contributed by atoms with van der Waals surface area (Å²) in [5, 5.41) is 10.3. The molecule has 21 heavy (non-hydrogen) atoms. The highest BCUT2D eigenvalue weighted by atomic mass is 16.5. The predicted octanol–water partition coefficient (Wildman–Crippen LogP) is 2.11. The Kier molecular flexibility index (Phi) is 3.63. The van der Waals surface area contributed by atoms with Gasteiger partial charge in [-0.3, -0.25) is 0 Å². The maximum atomic E-state index is 10.3. The Morgan fingerprint density at radius 1 is 1.19 bits per heavy atom. The van der Waals surface area contributed by atoms with Crippen molar-refractivity contribution in [2.45, 2.75) is 37.8 Å². The van der Waals surface area contributed by atoms with Crippen LogP contribution >= 0.6 is 0 Å². The lowest BCUT2D eigenvalue weighted by molar-refractivity contribution is 0.0783. The molecule has 3 N–H and O–H groups in total. The molecule has 1 aliphatic carbocycles. The number of nitrogen functional groups attached to an aromatic ring is 1. The number of ether oxygens (including phenoxy) is 2. The molecular formula is C15H21N3O3. The molecule has 1 fully saturated rings. The van der Waals surface area contributed by atoms with Crippen LogP contribution in [0.5, 0.6) is 11.5 Å². The molecule has 0 radical (unpaired) electrons. The zero-order valence-electron chi connectivity index (χ0n) is 12.4. The lowest BCUT2D eigenvalue weighted by Crippen LogP contribution is -2.28. The van der Waals surface area contributed by atoms with Gasteiger partial charge >= 0.3 is 0 Å². The summed E-state index contributed by atoms with van der Waals surface area (Å²) < 4.78 is 12.6. The lowest BCUT2D eigenvalue weighted by atomic mass is 9.92. The molecule has 1 aromatic carbocycles. The van der Waals surface area contributed by atoms with Gasteiger partial charge in [0.25, 0.3) is 0 Å². The van der Waals surface area contributed by atoms with Crippen molar-refractivity contribution in [1.82, 2.24) is 9.55 Å². The number of nitrogens with two attached hydrogens (primary N) is 1. The van der Waals surface area contributed by atoms with Crippen LogP contribution in [0.3, 0.4) is 0 Å². The average molecular weight is 291 g/mol. The normalized spacial score (nSPS) is 22.4. The van der Waals surface area contributed by atoms with Crippen molar-refractivity contribution < 1.29 is 14.6 Å². The van der Waals surface area contributed by atoms with Crippen LogP contribution in [0.1, 0.15) is 31.7 Å². The molecule has 0 bridgehead atoms. The van der Waals surface area contributed by atoms with Gasteiger partial charge in [-0.25, -0.2) is 4.98 Å². The number of anilines is 1. The van der Waals surface area contributed by atoms with Crippen LogP contribution in [0.2, 0.25) is 0 Å². The summed E-state index contributed by atoms with van der Waals surface area (Å²) in [5.41, 5.74) is 7.71. The molecule has 1 aliphatic rings. The van der Waals surface area contributed by atoms with E-state index in [2.05, 4.69) is 4.98 Å². The first-order chi connectivity index (χ1) is 10.2. The van der Waals surface area contributed by atoms with Gasteiger partial charge in [0.05, 0.1) is 37.4 Å². The third kappa shape index (κ3) is 2.29. The summed E-state index contributed by atoms with van der Waals surface area (Å²) in [6, 6.07) is 3.66. The zero-order chi connectivity index (χ0) is 15.0. The molecule has 3 rings (SSSR count). The molecule has 114 valence electrons. The van der Waals surface area contributed by atoms with Crippen LogP contribution < -0.4 is 15.2 Å². The summed E-state index contributed by atoms with van der Waals surface area (Å²) in [4.78, 5) is 4.40. The fourth-order valence-corrected chi connectivity index (χ4v) is 3.18. The summed E-state index contributed by atoms with van der Waals surface area (Å²) >= 11 is 0. The van der Waals surface area contributed by atoms with Gasteiger partial charge in [-0.05, 0) is 12.8 Å². The molecule has 0 amide bonds. The van der Waals surface area contributed by atoms with E-state index in [-0.39, 0.29) is 12.1 Å². The Labute approximate surface area is 123 Å². The number of hydrogen-bond donors (Lipinski definition) is 2. The van der Waals surface area contributed by atoms with E-state index in [0.29, 0.717) is 17.4 Å². The second-order valence-electron chi connectivity index (χ2n) is 5.46. The van der Waals surface area contributed by atoms with Crippen LogP contribution in [0, 0.1) is 0 Å². The van der Waals surface area contributed by atoms with Gasteiger partial charge in [-0.1, -0.05) is 12.8 Å². The van der Waals surface area contributed by atoms with Crippen LogP contribution in [-0.2, 0) is 0 Å². The average Bonchev–Trinajstić information content (AvgIpc) is 2.81. The van der Waals surface area contributed by atoms with Crippen molar-refractivity contribution in [3.63, 3.8) is 0 Å². The molecular weight excluding hydrogens is 270 g/mol. The molecule has 1 saturated carbocycles. The summed E-state index contributed by atoms with van der Waals surface area (Å²) in [6.45, 7) is 0. The first kappa shape index (κ1) is 14.0.